The van der Waals surface area contributed by atoms with Crippen LogP contribution < -0.4 is 11.1 Å². The maximum Gasteiger partial charge on any atom is 0.227 e. The lowest BCUT2D eigenvalue weighted by Crippen LogP contribution is -2.20. The van der Waals surface area contributed by atoms with Gasteiger partial charge in [-0.25, -0.2) is 17.8 Å². The standard InChI is InChI=1S/C31H26FN7O3S/c1-43(41,42)29(33)19-8-18(9-21(32)10-19)23-6-7-35-30-24(23)13-27(37-30)28-25-12-17(4-5-26(25)38-39-28)20-11-22(15-34-14-20)36-31(40)16-2-3-16/h4-16,29H,2-3,33H2,1H3,(H,35,37)(H,36,40)(H,38,39). The molecule has 1 saturated carbocycles. The largest absolute Gasteiger partial charge is 0.338 e. The number of fused-ring (bicyclic) bond motifs is 2. The van der Waals surface area contributed by atoms with Crippen LogP contribution in [-0.2, 0) is 14.6 Å². The van der Waals surface area contributed by atoms with Gasteiger partial charge in [0.25, 0.3) is 0 Å². The third-order valence-corrected chi connectivity index (χ3v) is 8.85. The molecule has 1 unspecified atom stereocenters. The molecular weight excluding hydrogens is 569 g/mol. The van der Waals surface area contributed by atoms with Crippen molar-refractivity contribution in [3.05, 3.63) is 84.6 Å². The third kappa shape index (κ3) is 5.15. The van der Waals surface area contributed by atoms with Crippen LogP contribution in [0.5, 0.6) is 0 Å². The van der Waals surface area contributed by atoms with Crippen LogP contribution in [0, 0.1) is 11.7 Å². The molecule has 2 aromatic carbocycles. The summed E-state index contributed by atoms with van der Waals surface area (Å²) in [7, 11) is -3.63. The summed E-state index contributed by atoms with van der Waals surface area (Å²) in [6.07, 6.45) is 7.84. The zero-order valence-electron chi connectivity index (χ0n) is 22.9. The highest BCUT2D eigenvalue weighted by molar-refractivity contribution is 7.90. The number of pyridine rings is 2. The average molecular weight is 596 g/mol. The van der Waals surface area contributed by atoms with E-state index in [-0.39, 0.29) is 17.4 Å². The number of hydrogen-bond acceptors (Lipinski definition) is 7. The Morgan fingerprint density at radius 2 is 1.86 bits per heavy atom. The highest BCUT2D eigenvalue weighted by Gasteiger charge is 2.29. The van der Waals surface area contributed by atoms with Gasteiger partial charge in [0.1, 0.15) is 22.5 Å². The normalized spacial score (nSPS) is 14.3. The number of benzene rings is 2. The second-order valence-electron chi connectivity index (χ2n) is 10.9. The van der Waals surface area contributed by atoms with E-state index in [4.69, 9.17) is 5.73 Å². The average Bonchev–Trinajstić information content (AvgIpc) is 3.62. The number of halogens is 1. The molecule has 6 aromatic rings. The molecule has 4 aromatic heterocycles. The van der Waals surface area contributed by atoms with Gasteiger partial charge in [0.05, 0.1) is 23.1 Å². The van der Waals surface area contributed by atoms with Gasteiger partial charge in [-0.15, -0.1) is 0 Å². The molecule has 1 atom stereocenters. The molecule has 0 aliphatic heterocycles. The van der Waals surface area contributed by atoms with Crippen molar-refractivity contribution in [1.29, 1.82) is 0 Å². The summed E-state index contributed by atoms with van der Waals surface area (Å²) in [6, 6.07) is 15.5. The van der Waals surface area contributed by atoms with Crippen LogP contribution in [0.4, 0.5) is 10.1 Å². The molecule has 0 saturated heterocycles. The molecule has 216 valence electrons. The van der Waals surface area contributed by atoms with E-state index in [1.165, 1.54) is 6.07 Å². The van der Waals surface area contributed by atoms with Gasteiger partial charge in [0, 0.05) is 40.9 Å². The Kier molecular flexibility index (Phi) is 6.33. The molecule has 12 heteroatoms. The van der Waals surface area contributed by atoms with E-state index in [2.05, 4.69) is 30.5 Å². The molecule has 0 radical (unpaired) electrons. The summed E-state index contributed by atoms with van der Waals surface area (Å²) in [5.41, 5.74) is 12.3. The molecule has 1 aliphatic rings. The lowest BCUT2D eigenvalue weighted by molar-refractivity contribution is -0.117. The first kappa shape index (κ1) is 26.9. The number of anilines is 1. The van der Waals surface area contributed by atoms with E-state index in [0.717, 1.165) is 47.2 Å². The first-order valence-electron chi connectivity index (χ1n) is 13.6. The summed E-state index contributed by atoms with van der Waals surface area (Å²) in [5.74, 6) is -0.484. The number of carbonyl (C=O) groups is 1. The van der Waals surface area contributed by atoms with Crippen molar-refractivity contribution in [2.45, 2.75) is 18.2 Å². The monoisotopic (exact) mass is 595 g/mol. The lowest BCUT2D eigenvalue weighted by Gasteiger charge is -2.12. The topological polar surface area (TPSA) is 160 Å². The van der Waals surface area contributed by atoms with E-state index in [0.29, 0.717) is 39.2 Å². The Bertz CT molecular complexity index is 2170. The van der Waals surface area contributed by atoms with Crippen LogP contribution in [0.3, 0.4) is 0 Å². The van der Waals surface area contributed by atoms with E-state index in [9.17, 15) is 17.6 Å². The van der Waals surface area contributed by atoms with Gasteiger partial charge in [-0.05, 0) is 83.6 Å². The van der Waals surface area contributed by atoms with Crippen LogP contribution in [0.15, 0.2) is 73.2 Å². The maximum absolute atomic E-state index is 14.7. The Balaban J connectivity index is 1.27. The predicted octanol–water partition coefficient (Wildman–Crippen LogP) is 5.32. The number of nitrogens with one attached hydrogen (secondary N) is 3. The molecule has 4 heterocycles. The number of sulfone groups is 1. The molecule has 7 rings (SSSR count). The summed E-state index contributed by atoms with van der Waals surface area (Å²) >= 11 is 0. The predicted molar refractivity (Wildman–Crippen MR) is 163 cm³/mol. The quantitative estimate of drug-likeness (QED) is 0.194. The minimum atomic E-state index is -3.63. The zero-order valence-corrected chi connectivity index (χ0v) is 23.7. The fourth-order valence-electron chi connectivity index (χ4n) is 5.24. The van der Waals surface area contributed by atoms with Crippen molar-refractivity contribution >= 4 is 43.4 Å². The minimum Gasteiger partial charge on any atom is -0.338 e. The Morgan fingerprint density at radius 1 is 1.02 bits per heavy atom. The van der Waals surface area contributed by atoms with Crippen LogP contribution in [0.25, 0.3) is 55.6 Å². The number of nitrogens with zero attached hydrogens (tertiary/aromatic N) is 3. The van der Waals surface area contributed by atoms with E-state index >= 15 is 0 Å². The second kappa shape index (κ2) is 10.1. The molecular formula is C31H26FN7O3S. The summed E-state index contributed by atoms with van der Waals surface area (Å²) < 4.78 is 38.8. The number of nitrogens with two attached hydrogens (primary N) is 1. The highest BCUT2D eigenvalue weighted by atomic mass is 32.2. The van der Waals surface area contributed by atoms with Crippen LogP contribution in [-0.4, -0.2) is 45.7 Å². The number of aromatic nitrogens is 5. The van der Waals surface area contributed by atoms with Crippen LogP contribution in [0.2, 0.25) is 0 Å². The second-order valence-corrected chi connectivity index (χ2v) is 13.1. The maximum atomic E-state index is 14.7. The summed E-state index contributed by atoms with van der Waals surface area (Å²) in [4.78, 5) is 24.3. The molecule has 10 nitrogen and oxygen atoms in total. The van der Waals surface area contributed by atoms with Gasteiger partial charge in [0.15, 0.2) is 9.84 Å². The van der Waals surface area contributed by atoms with Gasteiger partial charge in [-0.3, -0.25) is 14.9 Å². The van der Waals surface area contributed by atoms with Crippen molar-refractivity contribution in [2.24, 2.45) is 11.7 Å². The van der Waals surface area contributed by atoms with Gasteiger partial charge in [-0.2, -0.15) is 5.10 Å². The van der Waals surface area contributed by atoms with Crippen molar-refractivity contribution < 1.29 is 17.6 Å². The smallest absolute Gasteiger partial charge is 0.227 e. The van der Waals surface area contributed by atoms with E-state index in [1.54, 1.807) is 30.7 Å². The number of aromatic amines is 2. The van der Waals surface area contributed by atoms with Crippen molar-refractivity contribution in [1.82, 2.24) is 25.1 Å². The molecule has 1 fully saturated rings. The fraction of sp³-hybridized carbons (Fsp3) is 0.161. The third-order valence-electron chi connectivity index (χ3n) is 7.66. The number of rotatable bonds is 7. The van der Waals surface area contributed by atoms with Crippen LogP contribution >= 0.6 is 0 Å². The fourth-order valence-corrected chi connectivity index (χ4v) is 5.87. The molecule has 1 aliphatic carbocycles. The van der Waals surface area contributed by atoms with Gasteiger partial charge < -0.3 is 16.0 Å². The van der Waals surface area contributed by atoms with Crippen molar-refractivity contribution in [2.75, 3.05) is 11.6 Å². The number of H-pyrrole nitrogens is 2. The minimum absolute atomic E-state index is 0.0195. The number of hydrogen-bond donors (Lipinski definition) is 4. The first-order valence-corrected chi connectivity index (χ1v) is 15.6. The number of amides is 1. The van der Waals surface area contributed by atoms with E-state index < -0.39 is 21.0 Å². The van der Waals surface area contributed by atoms with Crippen LogP contribution in [0.1, 0.15) is 23.8 Å². The molecule has 43 heavy (non-hydrogen) atoms. The first-order chi connectivity index (χ1) is 20.6. The Hall–Kier alpha value is -4.94. The highest BCUT2D eigenvalue weighted by Crippen LogP contribution is 2.36. The van der Waals surface area contributed by atoms with Crippen molar-refractivity contribution in [3.8, 4) is 33.6 Å². The Labute approximate surface area is 245 Å². The zero-order chi connectivity index (χ0) is 29.9. The number of carbonyl (C=O) groups excluding carboxylic acids is 1. The van der Waals surface area contributed by atoms with Gasteiger partial charge in [-0.1, -0.05) is 6.07 Å². The molecule has 0 bridgehead atoms. The Morgan fingerprint density at radius 3 is 2.65 bits per heavy atom. The van der Waals surface area contributed by atoms with Gasteiger partial charge in [0.2, 0.25) is 5.91 Å². The van der Waals surface area contributed by atoms with Crippen molar-refractivity contribution in [3.63, 3.8) is 0 Å². The SMILES string of the molecule is CS(=O)(=O)C(N)c1cc(F)cc(-c2ccnc3[nH]c(-c4n[nH]c5ccc(-c6cncc(NC(=O)C7CC7)c6)cc45)cc23)c1. The molecule has 5 N–H and O–H groups in total. The summed E-state index contributed by atoms with van der Waals surface area (Å²) in [5, 5.41) is 10.8. The van der Waals surface area contributed by atoms with Gasteiger partial charge >= 0.3 is 0 Å². The summed E-state index contributed by atoms with van der Waals surface area (Å²) in [6.45, 7) is 0. The van der Waals surface area contributed by atoms with E-state index in [1.807, 2.05) is 30.3 Å². The molecule has 1 amide bonds. The lowest BCUT2D eigenvalue weighted by atomic mass is 10.0. The molecule has 0 spiro atoms.